The molecule has 1 aliphatic rings. The fourth-order valence-electron chi connectivity index (χ4n) is 2.44. The highest BCUT2D eigenvalue weighted by Gasteiger charge is 2.36. The van der Waals surface area contributed by atoms with Crippen LogP contribution in [0.4, 0.5) is 11.4 Å². The van der Waals surface area contributed by atoms with Gasteiger partial charge < -0.3 is 10.2 Å². The van der Waals surface area contributed by atoms with Crippen LogP contribution in [0, 0.1) is 0 Å². The zero-order chi connectivity index (χ0) is 13.5. The van der Waals surface area contributed by atoms with E-state index in [0.29, 0.717) is 6.54 Å². The van der Waals surface area contributed by atoms with Crippen molar-refractivity contribution in [2.24, 2.45) is 0 Å². The third kappa shape index (κ3) is 2.10. The van der Waals surface area contributed by atoms with Crippen molar-refractivity contribution in [1.29, 1.82) is 0 Å². The molecule has 0 radical (unpaired) electrons. The van der Waals surface area contributed by atoms with Crippen LogP contribution in [0.25, 0.3) is 0 Å². The molecule has 2 amide bonds. The van der Waals surface area contributed by atoms with E-state index in [1.54, 1.807) is 11.8 Å². The van der Waals surface area contributed by atoms with E-state index in [0.717, 1.165) is 16.9 Å². The van der Waals surface area contributed by atoms with Crippen molar-refractivity contribution in [2.75, 3.05) is 16.8 Å². The Bertz CT molecular complexity index is 521. The average Bonchev–Trinajstić information content (AvgIpc) is 2.50. The van der Waals surface area contributed by atoms with Gasteiger partial charge in [0.1, 0.15) is 0 Å². The second-order valence-corrected chi connectivity index (χ2v) is 5.40. The lowest BCUT2D eigenvalue weighted by molar-refractivity contribution is -0.116. The molecule has 0 aromatic heterocycles. The lowest BCUT2D eigenvalue weighted by Gasteiger charge is -2.19. The molecule has 1 aromatic rings. The normalized spacial score (nSPS) is 16.3. The van der Waals surface area contributed by atoms with Gasteiger partial charge in [0.15, 0.2) is 0 Å². The Morgan fingerprint density at radius 1 is 1.28 bits per heavy atom. The van der Waals surface area contributed by atoms with Gasteiger partial charge in [-0.1, -0.05) is 13.8 Å². The molecule has 96 valence electrons. The first kappa shape index (κ1) is 12.6. The lowest BCUT2D eigenvalue weighted by atomic mass is 9.87. The van der Waals surface area contributed by atoms with Crippen LogP contribution in [-0.4, -0.2) is 18.4 Å². The summed E-state index contributed by atoms with van der Waals surface area (Å²) in [6, 6.07) is 5.69. The molecule has 0 atom stereocenters. The summed E-state index contributed by atoms with van der Waals surface area (Å²) >= 11 is 0. The number of hydrogen-bond acceptors (Lipinski definition) is 2. The van der Waals surface area contributed by atoms with Crippen LogP contribution >= 0.6 is 0 Å². The first-order valence-electron chi connectivity index (χ1n) is 6.01. The number of benzene rings is 1. The van der Waals surface area contributed by atoms with E-state index in [1.807, 2.05) is 18.2 Å². The monoisotopic (exact) mass is 246 g/mol. The zero-order valence-electron chi connectivity index (χ0n) is 11.2. The lowest BCUT2D eigenvalue weighted by Crippen LogP contribution is -2.31. The molecule has 0 saturated carbocycles. The number of carbonyl (C=O) groups excluding carboxylic acids is 2. The fourth-order valence-corrected chi connectivity index (χ4v) is 2.44. The summed E-state index contributed by atoms with van der Waals surface area (Å²) in [5.41, 5.74) is 2.74. The molecule has 2 rings (SSSR count). The van der Waals surface area contributed by atoms with Crippen LogP contribution in [0.1, 0.15) is 33.3 Å². The Morgan fingerprint density at radius 3 is 2.50 bits per heavy atom. The molecule has 1 aliphatic heterocycles. The van der Waals surface area contributed by atoms with Crippen LogP contribution < -0.4 is 10.2 Å². The number of hydrogen-bond donors (Lipinski definition) is 1. The first-order valence-corrected chi connectivity index (χ1v) is 6.01. The number of anilines is 2. The van der Waals surface area contributed by atoms with E-state index in [2.05, 4.69) is 19.2 Å². The van der Waals surface area contributed by atoms with Crippen LogP contribution in [0.15, 0.2) is 18.2 Å². The van der Waals surface area contributed by atoms with Crippen molar-refractivity contribution in [2.45, 2.75) is 33.1 Å². The summed E-state index contributed by atoms with van der Waals surface area (Å²) in [6.45, 7) is 7.95. The molecule has 1 aromatic carbocycles. The molecule has 0 spiro atoms. The summed E-state index contributed by atoms with van der Waals surface area (Å²) in [5.74, 6) is -0.0386. The van der Waals surface area contributed by atoms with Crippen LogP contribution in [0.3, 0.4) is 0 Å². The summed E-state index contributed by atoms with van der Waals surface area (Å²) in [6.07, 6.45) is 0. The average molecular weight is 246 g/mol. The van der Waals surface area contributed by atoms with E-state index < -0.39 is 0 Å². The summed E-state index contributed by atoms with van der Waals surface area (Å²) in [4.78, 5) is 24.5. The molecule has 1 N–H and O–H groups in total. The summed E-state index contributed by atoms with van der Waals surface area (Å²) in [7, 11) is 0. The maximum atomic E-state index is 11.6. The van der Waals surface area contributed by atoms with Crippen molar-refractivity contribution < 1.29 is 9.59 Å². The van der Waals surface area contributed by atoms with Gasteiger partial charge in [-0.3, -0.25) is 9.59 Å². The Balaban J connectivity index is 2.46. The second-order valence-electron chi connectivity index (χ2n) is 5.40. The van der Waals surface area contributed by atoms with E-state index in [4.69, 9.17) is 0 Å². The molecule has 0 bridgehead atoms. The zero-order valence-corrected chi connectivity index (χ0v) is 11.2. The van der Waals surface area contributed by atoms with Crippen LogP contribution in [0.5, 0.6) is 0 Å². The predicted octanol–water partition coefficient (Wildman–Crippen LogP) is 2.29. The smallest absolute Gasteiger partial charge is 0.223 e. The topological polar surface area (TPSA) is 49.4 Å². The molecule has 0 saturated heterocycles. The minimum atomic E-state index is -0.0887. The van der Waals surface area contributed by atoms with E-state index in [1.165, 1.54) is 6.92 Å². The number of rotatable bonds is 1. The van der Waals surface area contributed by atoms with Crippen molar-refractivity contribution in [3.05, 3.63) is 23.8 Å². The predicted molar refractivity (Wildman–Crippen MR) is 71.8 cm³/mol. The molecule has 18 heavy (non-hydrogen) atoms. The minimum absolute atomic E-state index is 0.0501. The van der Waals surface area contributed by atoms with E-state index in [-0.39, 0.29) is 17.2 Å². The van der Waals surface area contributed by atoms with Gasteiger partial charge in [0.25, 0.3) is 0 Å². The van der Waals surface area contributed by atoms with E-state index >= 15 is 0 Å². The molecule has 0 fully saturated rings. The Labute approximate surface area is 107 Å². The number of fused-ring (bicyclic) bond motifs is 1. The molecule has 1 heterocycles. The van der Waals surface area contributed by atoms with E-state index in [9.17, 15) is 9.59 Å². The van der Waals surface area contributed by atoms with Crippen molar-refractivity contribution in [1.82, 2.24) is 0 Å². The molecule has 0 aliphatic carbocycles. The molecule has 4 nitrogen and oxygen atoms in total. The highest BCUT2D eigenvalue weighted by molar-refractivity contribution is 5.96. The van der Waals surface area contributed by atoms with Gasteiger partial charge in [0.2, 0.25) is 11.8 Å². The number of carbonyl (C=O) groups is 2. The maximum Gasteiger partial charge on any atom is 0.223 e. The largest absolute Gasteiger partial charge is 0.326 e. The van der Waals surface area contributed by atoms with Crippen LogP contribution in [0.2, 0.25) is 0 Å². The summed E-state index contributed by atoms with van der Waals surface area (Å²) < 4.78 is 0. The SMILES string of the molecule is CC(=O)Nc1ccc2c(c1)C(C)(C)CN2C(C)=O. The molecule has 4 heteroatoms. The van der Waals surface area contributed by atoms with Gasteiger partial charge >= 0.3 is 0 Å². The van der Waals surface area contributed by atoms with Gasteiger partial charge in [-0.25, -0.2) is 0 Å². The quantitative estimate of drug-likeness (QED) is 0.826. The van der Waals surface area contributed by atoms with Gasteiger partial charge in [-0.2, -0.15) is 0 Å². The fraction of sp³-hybridized carbons (Fsp3) is 0.429. The number of nitrogens with one attached hydrogen (secondary N) is 1. The van der Waals surface area contributed by atoms with Gasteiger partial charge in [-0.05, 0) is 23.8 Å². The third-order valence-corrected chi connectivity index (χ3v) is 3.27. The minimum Gasteiger partial charge on any atom is -0.326 e. The Morgan fingerprint density at radius 2 is 1.94 bits per heavy atom. The standard InChI is InChI=1S/C14H18N2O2/c1-9(17)15-11-5-6-13-12(7-11)14(3,4)8-16(13)10(2)18/h5-7H,8H2,1-4H3,(H,15,17). The van der Waals surface area contributed by atoms with Crippen molar-refractivity contribution in [3.8, 4) is 0 Å². The maximum absolute atomic E-state index is 11.6. The van der Waals surface area contributed by atoms with Gasteiger partial charge in [-0.15, -0.1) is 0 Å². The second kappa shape index (κ2) is 4.12. The molecule has 0 unspecified atom stereocenters. The van der Waals surface area contributed by atoms with Crippen molar-refractivity contribution >= 4 is 23.2 Å². The Hall–Kier alpha value is -1.84. The molecular weight excluding hydrogens is 228 g/mol. The summed E-state index contributed by atoms with van der Waals surface area (Å²) in [5, 5.41) is 2.77. The third-order valence-electron chi connectivity index (χ3n) is 3.27. The number of amides is 2. The highest BCUT2D eigenvalue weighted by atomic mass is 16.2. The van der Waals surface area contributed by atoms with Crippen LogP contribution in [-0.2, 0) is 15.0 Å². The van der Waals surface area contributed by atoms with Gasteiger partial charge in [0, 0.05) is 37.2 Å². The highest BCUT2D eigenvalue weighted by Crippen LogP contribution is 2.41. The first-order chi connectivity index (χ1) is 8.31. The number of nitrogens with zero attached hydrogens (tertiary/aromatic N) is 1. The molecular formula is C14H18N2O2. The Kier molecular flexibility index (Phi) is 2.89. The van der Waals surface area contributed by atoms with Crippen molar-refractivity contribution in [3.63, 3.8) is 0 Å². The van der Waals surface area contributed by atoms with Gasteiger partial charge in [0.05, 0.1) is 0 Å².